The van der Waals surface area contributed by atoms with Crippen LogP contribution in [0, 0.1) is 5.92 Å². The van der Waals surface area contributed by atoms with Crippen LogP contribution in [0.2, 0.25) is 0 Å². The van der Waals surface area contributed by atoms with Crippen molar-refractivity contribution in [2.24, 2.45) is 22.4 Å². The minimum absolute atomic E-state index is 0.0782. The number of nitrogens with one attached hydrogen (secondary N) is 3. The summed E-state index contributed by atoms with van der Waals surface area (Å²) in [7, 11) is 0. The lowest BCUT2D eigenvalue weighted by Crippen LogP contribution is -2.55. The molecule has 0 radical (unpaired) electrons. The topological polar surface area (TPSA) is 178 Å². The molecule has 0 aliphatic rings. The summed E-state index contributed by atoms with van der Waals surface area (Å²) < 4.78 is 5.72. The lowest BCUT2D eigenvalue weighted by Gasteiger charge is -2.24. The number of rotatable bonds is 14. The summed E-state index contributed by atoms with van der Waals surface area (Å²) in [6.07, 6.45) is 0.940. The molecule has 0 saturated carbocycles. The minimum Gasteiger partial charge on any atom is -0.424 e. The van der Waals surface area contributed by atoms with Crippen LogP contribution in [0.5, 0.6) is 5.75 Å². The number of carbonyl (C=O) groups excluding carboxylic acids is 4. The van der Waals surface area contributed by atoms with Crippen LogP contribution in [0.25, 0.3) is 10.8 Å². The molecule has 3 atom stereocenters. The van der Waals surface area contributed by atoms with E-state index in [-0.39, 0.29) is 24.8 Å². The molecule has 43 heavy (non-hydrogen) atoms. The van der Waals surface area contributed by atoms with Gasteiger partial charge in [-0.2, -0.15) is 0 Å². The third kappa shape index (κ3) is 10.1. The number of guanidine groups is 1. The van der Waals surface area contributed by atoms with Gasteiger partial charge in [0, 0.05) is 17.5 Å². The second kappa shape index (κ2) is 15.9. The van der Waals surface area contributed by atoms with Gasteiger partial charge in [-0.05, 0) is 55.7 Å². The van der Waals surface area contributed by atoms with Crippen molar-refractivity contribution in [3.63, 3.8) is 0 Å². The van der Waals surface area contributed by atoms with Gasteiger partial charge >= 0.3 is 5.97 Å². The number of ether oxygens (including phenoxy) is 1. The van der Waals surface area contributed by atoms with Crippen LogP contribution in [0.15, 0.2) is 77.8 Å². The highest BCUT2D eigenvalue weighted by Gasteiger charge is 2.29. The summed E-state index contributed by atoms with van der Waals surface area (Å²) in [6.45, 7) is 5.62. The Balaban J connectivity index is 1.69. The summed E-state index contributed by atoms with van der Waals surface area (Å²) in [6, 6.07) is 18.5. The maximum atomic E-state index is 13.3. The van der Waals surface area contributed by atoms with Crippen molar-refractivity contribution in [3.05, 3.63) is 78.4 Å². The molecule has 0 heterocycles. The predicted octanol–water partition coefficient (Wildman–Crippen LogP) is 2.63. The van der Waals surface area contributed by atoms with Crippen LogP contribution in [0.1, 0.15) is 50.4 Å². The molecule has 0 fully saturated rings. The Kier molecular flexibility index (Phi) is 12.1. The Morgan fingerprint density at radius 3 is 2.16 bits per heavy atom. The fourth-order valence-electron chi connectivity index (χ4n) is 4.43. The van der Waals surface area contributed by atoms with Gasteiger partial charge in [0.1, 0.15) is 23.9 Å². The third-order valence-electron chi connectivity index (χ3n) is 6.62. The van der Waals surface area contributed by atoms with Crippen molar-refractivity contribution >= 4 is 40.4 Å². The van der Waals surface area contributed by atoms with E-state index in [1.807, 2.05) is 44.2 Å². The maximum Gasteiger partial charge on any atom is 0.334 e. The fourth-order valence-corrected chi connectivity index (χ4v) is 4.43. The highest BCUT2D eigenvalue weighted by molar-refractivity contribution is 5.98. The Morgan fingerprint density at radius 2 is 1.47 bits per heavy atom. The smallest absolute Gasteiger partial charge is 0.334 e. The number of nitrogens with zero attached hydrogens (tertiary/aromatic N) is 1. The highest BCUT2D eigenvalue weighted by Crippen LogP contribution is 2.25. The number of nitrogens with two attached hydrogens (primary N) is 2. The Bertz CT molecular complexity index is 1430. The maximum absolute atomic E-state index is 13.3. The predicted molar refractivity (Wildman–Crippen MR) is 166 cm³/mol. The van der Waals surface area contributed by atoms with Crippen LogP contribution in [-0.2, 0) is 14.4 Å². The van der Waals surface area contributed by atoms with Crippen LogP contribution < -0.4 is 32.2 Å². The number of benzene rings is 3. The molecule has 0 bridgehead atoms. The van der Waals surface area contributed by atoms with Crippen molar-refractivity contribution in [1.82, 2.24) is 16.0 Å². The highest BCUT2D eigenvalue weighted by atomic mass is 16.5. The van der Waals surface area contributed by atoms with E-state index >= 15 is 0 Å². The second-order valence-electron chi connectivity index (χ2n) is 10.7. The van der Waals surface area contributed by atoms with E-state index in [2.05, 4.69) is 20.9 Å². The van der Waals surface area contributed by atoms with Crippen LogP contribution in [0.4, 0.5) is 0 Å². The zero-order chi connectivity index (χ0) is 31.4. The summed E-state index contributed by atoms with van der Waals surface area (Å²) >= 11 is 0. The molecular weight excluding hydrogens is 548 g/mol. The lowest BCUT2D eigenvalue weighted by atomic mass is 10.0. The van der Waals surface area contributed by atoms with E-state index in [4.69, 9.17) is 16.2 Å². The van der Waals surface area contributed by atoms with E-state index in [0.29, 0.717) is 24.2 Å². The van der Waals surface area contributed by atoms with E-state index < -0.39 is 41.8 Å². The molecule has 3 rings (SSSR count). The number of amides is 3. The van der Waals surface area contributed by atoms with Crippen molar-refractivity contribution in [2.45, 2.75) is 58.2 Å². The summed E-state index contributed by atoms with van der Waals surface area (Å²) in [5, 5.41) is 9.78. The first kappa shape index (κ1) is 32.6. The third-order valence-corrected chi connectivity index (χ3v) is 6.62. The van der Waals surface area contributed by atoms with E-state index in [1.165, 1.54) is 6.92 Å². The van der Waals surface area contributed by atoms with Gasteiger partial charge in [0.15, 0.2) is 5.96 Å². The van der Waals surface area contributed by atoms with Gasteiger partial charge in [-0.1, -0.05) is 68.4 Å². The number of hydrogen-bond acceptors (Lipinski definition) is 6. The van der Waals surface area contributed by atoms with Crippen LogP contribution in [-0.4, -0.2) is 54.3 Å². The molecule has 3 aromatic rings. The van der Waals surface area contributed by atoms with Crippen molar-refractivity contribution in [1.29, 1.82) is 0 Å². The Hall–Kier alpha value is -4.93. The van der Waals surface area contributed by atoms with Gasteiger partial charge in [-0.15, -0.1) is 0 Å². The molecule has 11 nitrogen and oxygen atoms in total. The van der Waals surface area contributed by atoms with E-state index in [1.54, 1.807) is 42.5 Å². The van der Waals surface area contributed by atoms with Crippen molar-refractivity contribution in [3.8, 4) is 5.75 Å². The van der Waals surface area contributed by atoms with Gasteiger partial charge in [-0.25, -0.2) is 4.79 Å². The molecule has 3 aromatic carbocycles. The molecule has 3 unspecified atom stereocenters. The average molecular weight is 589 g/mol. The molecule has 7 N–H and O–H groups in total. The lowest BCUT2D eigenvalue weighted by molar-refractivity contribution is -0.140. The first-order valence-corrected chi connectivity index (χ1v) is 14.3. The second-order valence-corrected chi connectivity index (χ2v) is 10.7. The molecule has 0 aromatic heterocycles. The quantitative estimate of drug-likeness (QED) is 0.0631. The standard InChI is InChI=1S/C32H40N6O5/c1-20(2)19-26(38-29(40)23-12-5-4-6-13-23)30(41)36-21(3)28(39)37-25(16-10-18-35-32(33)34)31(42)43-27-17-9-14-22-11-7-8-15-24(22)27/h4-9,11-15,17,20-21,25-26H,10,16,18-19H2,1-3H3,(H,36,41)(H,37,39)(H,38,40)(H4,33,34,35). The van der Waals surface area contributed by atoms with Crippen LogP contribution in [0.3, 0.4) is 0 Å². The summed E-state index contributed by atoms with van der Waals surface area (Å²) in [5.41, 5.74) is 11.2. The zero-order valence-electron chi connectivity index (χ0n) is 24.7. The number of fused-ring (bicyclic) bond motifs is 1. The monoisotopic (exact) mass is 588 g/mol. The largest absolute Gasteiger partial charge is 0.424 e. The zero-order valence-corrected chi connectivity index (χ0v) is 24.7. The van der Waals surface area contributed by atoms with Gasteiger partial charge in [0.25, 0.3) is 5.91 Å². The van der Waals surface area contributed by atoms with Crippen LogP contribution >= 0.6 is 0 Å². The molecule has 228 valence electrons. The Labute approximate surface area is 251 Å². The van der Waals surface area contributed by atoms with Crippen molar-refractivity contribution < 1.29 is 23.9 Å². The molecule has 0 saturated heterocycles. The normalized spacial score (nSPS) is 12.9. The fraction of sp³-hybridized carbons (Fsp3) is 0.344. The van der Waals surface area contributed by atoms with Gasteiger partial charge < -0.3 is 32.2 Å². The minimum atomic E-state index is -1.04. The number of hydrogen-bond donors (Lipinski definition) is 5. The summed E-state index contributed by atoms with van der Waals surface area (Å²) in [4.78, 5) is 56.3. The average Bonchev–Trinajstić information content (AvgIpc) is 2.98. The molecule has 0 aliphatic carbocycles. The Morgan fingerprint density at radius 1 is 0.791 bits per heavy atom. The molecule has 0 aliphatic heterocycles. The van der Waals surface area contributed by atoms with Gasteiger partial charge in [0.05, 0.1) is 0 Å². The number of aliphatic imine (C=N–C) groups is 1. The molecule has 11 heteroatoms. The summed E-state index contributed by atoms with van der Waals surface area (Å²) in [5.74, 6) is -1.79. The molecule has 0 spiro atoms. The van der Waals surface area contributed by atoms with Gasteiger partial charge in [-0.3, -0.25) is 19.4 Å². The first-order chi connectivity index (χ1) is 20.5. The van der Waals surface area contributed by atoms with Gasteiger partial charge in [0.2, 0.25) is 11.8 Å². The van der Waals surface area contributed by atoms with E-state index in [0.717, 1.165) is 10.8 Å². The number of carbonyl (C=O) groups is 4. The van der Waals surface area contributed by atoms with Crippen molar-refractivity contribution in [2.75, 3.05) is 6.54 Å². The number of esters is 1. The van der Waals surface area contributed by atoms with E-state index in [9.17, 15) is 19.2 Å². The molecule has 3 amide bonds. The first-order valence-electron chi connectivity index (χ1n) is 14.3. The molecular formula is C32H40N6O5. The SMILES string of the molecule is CC(C)CC(NC(=O)c1ccccc1)C(=O)NC(C)C(=O)NC(CCCN=C(N)N)C(=O)Oc1cccc2ccccc12.